The number of halogens is 1. The Bertz CT molecular complexity index is 134. The summed E-state index contributed by atoms with van der Waals surface area (Å²) in [5.74, 6) is 0.703. The number of hydrogen-bond donors (Lipinski definition) is 0. The van der Waals surface area contributed by atoms with Crippen LogP contribution in [0.2, 0.25) is 0 Å². The summed E-state index contributed by atoms with van der Waals surface area (Å²) >= 11 is 3.24. The molecule has 2 heteroatoms. The highest BCUT2D eigenvalue weighted by Crippen LogP contribution is 2.17. The zero-order chi connectivity index (χ0) is 10.1. The van der Waals surface area contributed by atoms with E-state index in [4.69, 9.17) is 0 Å². The number of alkyl halides is 1. The second kappa shape index (κ2) is 8.74. The molecule has 0 aromatic rings. The topological polar surface area (TPSA) is 17.1 Å². The van der Waals surface area contributed by atoms with Crippen LogP contribution < -0.4 is 0 Å². The molecule has 0 saturated heterocycles. The van der Waals surface area contributed by atoms with E-state index in [-0.39, 0.29) is 0 Å². The molecule has 1 atom stereocenters. The van der Waals surface area contributed by atoms with Crippen molar-refractivity contribution in [3.63, 3.8) is 0 Å². The molecule has 0 aliphatic rings. The quantitative estimate of drug-likeness (QED) is 0.470. The van der Waals surface area contributed by atoms with Gasteiger partial charge in [-0.2, -0.15) is 0 Å². The first-order valence-electron chi connectivity index (χ1n) is 5.34. The van der Waals surface area contributed by atoms with Crippen molar-refractivity contribution in [1.82, 2.24) is 0 Å². The Balaban J connectivity index is 3.73. The summed E-state index contributed by atoms with van der Waals surface area (Å²) in [6.45, 7) is 4.34. The summed E-state index contributed by atoms with van der Waals surface area (Å²) in [6, 6.07) is 0. The van der Waals surface area contributed by atoms with Gasteiger partial charge in [0.25, 0.3) is 0 Å². The third kappa shape index (κ3) is 6.25. The standard InChI is InChI=1S/C11H21BrO/c1-3-5-6-8-10(7-4-2)11(13)9-12/h10H,3-9H2,1-2H3. The first-order valence-corrected chi connectivity index (χ1v) is 6.47. The Morgan fingerprint density at radius 3 is 2.31 bits per heavy atom. The minimum absolute atomic E-state index is 0.316. The maximum atomic E-state index is 11.4. The Morgan fingerprint density at radius 1 is 1.15 bits per heavy atom. The molecule has 0 amide bonds. The predicted molar refractivity (Wildman–Crippen MR) is 61.3 cm³/mol. The van der Waals surface area contributed by atoms with E-state index in [1.54, 1.807) is 0 Å². The largest absolute Gasteiger partial charge is 0.298 e. The van der Waals surface area contributed by atoms with E-state index >= 15 is 0 Å². The van der Waals surface area contributed by atoms with Crippen LogP contribution in [0.5, 0.6) is 0 Å². The molecule has 0 aliphatic heterocycles. The van der Waals surface area contributed by atoms with Crippen LogP contribution >= 0.6 is 15.9 Å². The van der Waals surface area contributed by atoms with Crippen molar-refractivity contribution in [3.05, 3.63) is 0 Å². The second-order valence-corrected chi connectivity index (χ2v) is 4.14. The minimum atomic E-state index is 0.316. The van der Waals surface area contributed by atoms with Gasteiger partial charge in [0.15, 0.2) is 0 Å². The lowest BCUT2D eigenvalue weighted by atomic mass is 9.93. The van der Waals surface area contributed by atoms with Gasteiger partial charge in [-0.25, -0.2) is 0 Å². The fraction of sp³-hybridized carbons (Fsp3) is 0.909. The van der Waals surface area contributed by atoms with Crippen LogP contribution in [0.4, 0.5) is 0 Å². The number of carbonyl (C=O) groups is 1. The smallest absolute Gasteiger partial charge is 0.146 e. The number of unbranched alkanes of at least 4 members (excludes halogenated alkanes) is 2. The molecule has 0 heterocycles. The van der Waals surface area contributed by atoms with Crippen LogP contribution in [0.15, 0.2) is 0 Å². The molecule has 0 aromatic heterocycles. The van der Waals surface area contributed by atoms with E-state index in [0.29, 0.717) is 17.0 Å². The van der Waals surface area contributed by atoms with Gasteiger partial charge < -0.3 is 0 Å². The average molecular weight is 249 g/mol. The number of ketones is 1. The Labute approximate surface area is 90.4 Å². The van der Waals surface area contributed by atoms with Crippen LogP contribution in [0.3, 0.4) is 0 Å². The Hall–Kier alpha value is 0.150. The first-order chi connectivity index (χ1) is 6.26. The maximum absolute atomic E-state index is 11.4. The summed E-state index contributed by atoms with van der Waals surface area (Å²) in [7, 11) is 0. The lowest BCUT2D eigenvalue weighted by Crippen LogP contribution is -2.15. The summed E-state index contributed by atoms with van der Waals surface area (Å²) < 4.78 is 0. The second-order valence-electron chi connectivity index (χ2n) is 3.58. The van der Waals surface area contributed by atoms with Gasteiger partial charge in [0.2, 0.25) is 0 Å². The molecule has 0 aliphatic carbocycles. The van der Waals surface area contributed by atoms with Crippen molar-refractivity contribution in [1.29, 1.82) is 0 Å². The van der Waals surface area contributed by atoms with Gasteiger partial charge in [0.1, 0.15) is 5.78 Å². The van der Waals surface area contributed by atoms with E-state index in [0.717, 1.165) is 19.3 Å². The molecule has 0 fully saturated rings. The third-order valence-corrected chi connectivity index (χ3v) is 2.93. The summed E-state index contributed by atoms with van der Waals surface area (Å²) in [6.07, 6.45) is 6.98. The van der Waals surface area contributed by atoms with Gasteiger partial charge in [0.05, 0.1) is 5.33 Å². The lowest BCUT2D eigenvalue weighted by molar-refractivity contribution is -0.120. The maximum Gasteiger partial charge on any atom is 0.146 e. The summed E-state index contributed by atoms with van der Waals surface area (Å²) in [4.78, 5) is 11.4. The summed E-state index contributed by atoms with van der Waals surface area (Å²) in [5, 5.41) is 0.532. The van der Waals surface area contributed by atoms with E-state index in [1.807, 2.05) is 0 Å². The number of carbonyl (C=O) groups excluding carboxylic acids is 1. The highest BCUT2D eigenvalue weighted by atomic mass is 79.9. The van der Waals surface area contributed by atoms with E-state index < -0.39 is 0 Å². The average Bonchev–Trinajstić information content (AvgIpc) is 2.16. The molecule has 0 N–H and O–H groups in total. The van der Waals surface area contributed by atoms with Crippen molar-refractivity contribution >= 4 is 21.7 Å². The van der Waals surface area contributed by atoms with Crippen LogP contribution in [0.1, 0.15) is 52.4 Å². The molecule has 0 saturated carbocycles. The molecule has 0 aromatic carbocycles. The van der Waals surface area contributed by atoms with Crippen LogP contribution in [0, 0.1) is 5.92 Å². The molecule has 1 unspecified atom stereocenters. The van der Waals surface area contributed by atoms with Crippen molar-refractivity contribution in [2.24, 2.45) is 5.92 Å². The van der Waals surface area contributed by atoms with Crippen LogP contribution in [-0.4, -0.2) is 11.1 Å². The van der Waals surface area contributed by atoms with Gasteiger partial charge in [-0.1, -0.05) is 55.5 Å². The monoisotopic (exact) mass is 248 g/mol. The Morgan fingerprint density at radius 2 is 1.85 bits per heavy atom. The molecular formula is C11H21BrO. The fourth-order valence-electron chi connectivity index (χ4n) is 1.56. The van der Waals surface area contributed by atoms with Gasteiger partial charge in [-0.3, -0.25) is 4.79 Å². The summed E-state index contributed by atoms with van der Waals surface area (Å²) in [5.41, 5.74) is 0. The van der Waals surface area contributed by atoms with E-state index in [9.17, 15) is 4.79 Å². The molecule has 1 nitrogen and oxygen atoms in total. The number of rotatable bonds is 8. The highest BCUT2D eigenvalue weighted by molar-refractivity contribution is 9.09. The van der Waals surface area contributed by atoms with Crippen molar-refractivity contribution in [3.8, 4) is 0 Å². The minimum Gasteiger partial charge on any atom is -0.298 e. The zero-order valence-corrected chi connectivity index (χ0v) is 10.4. The normalized spacial score (nSPS) is 12.8. The van der Waals surface area contributed by atoms with Gasteiger partial charge >= 0.3 is 0 Å². The van der Waals surface area contributed by atoms with Crippen LogP contribution in [-0.2, 0) is 4.79 Å². The zero-order valence-electron chi connectivity index (χ0n) is 8.81. The van der Waals surface area contributed by atoms with Crippen molar-refractivity contribution < 1.29 is 4.79 Å². The van der Waals surface area contributed by atoms with Gasteiger partial charge in [-0.05, 0) is 12.8 Å². The number of hydrogen-bond acceptors (Lipinski definition) is 1. The fourth-order valence-corrected chi connectivity index (χ4v) is 2.02. The third-order valence-electron chi connectivity index (χ3n) is 2.38. The van der Waals surface area contributed by atoms with Crippen molar-refractivity contribution in [2.45, 2.75) is 52.4 Å². The first kappa shape index (κ1) is 13.2. The SMILES string of the molecule is CCCCCC(CCC)C(=O)CBr. The van der Waals surface area contributed by atoms with Crippen molar-refractivity contribution in [2.75, 3.05) is 5.33 Å². The predicted octanol–water partition coefficient (Wildman–Crippen LogP) is 3.95. The van der Waals surface area contributed by atoms with E-state index in [1.165, 1.54) is 19.3 Å². The number of Topliss-reactive ketones (excluding diaryl/α,β-unsaturated/α-hetero) is 1. The molecule has 0 bridgehead atoms. The highest BCUT2D eigenvalue weighted by Gasteiger charge is 2.15. The lowest BCUT2D eigenvalue weighted by Gasteiger charge is -2.12. The molecule has 78 valence electrons. The molecule has 0 spiro atoms. The van der Waals surface area contributed by atoms with Crippen LogP contribution in [0.25, 0.3) is 0 Å². The molecule has 0 radical (unpaired) electrons. The molecular weight excluding hydrogens is 228 g/mol. The van der Waals surface area contributed by atoms with E-state index in [2.05, 4.69) is 29.8 Å². The molecule has 13 heavy (non-hydrogen) atoms. The Kier molecular flexibility index (Phi) is 8.84. The van der Waals surface area contributed by atoms with Gasteiger partial charge in [0, 0.05) is 5.92 Å². The van der Waals surface area contributed by atoms with Gasteiger partial charge in [-0.15, -0.1) is 0 Å². The molecule has 0 rings (SSSR count).